The molecule has 4 rings (SSSR count). The number of piperidine rings is 1. The molecule has 0 aromatic carbocycles. The molecule has 1 saturated heterocycles. The topological polar surface area (TPSA) is 38.4 Å². The molecule has 2 aromatic rings. The molecule has 0 amide bonds. The average Bonchev–Trinajstić information content (AvgIpc) is 2.93. The largest absolute Gasteiger partial charge is 0.468 e. The lowest BCUT2D eigenvalue weighted by Gasteiger charge is -2.42. The lowest BCUT2D eigenvalue weighted by Crippen LogP contribution is -2.46. The van der Waals surface area contributed by atoms with E-state index in [0.717, 1.165) is 31.9 Å². The summed E-state index contributed by atoms with van der Waals surface area (Å²) in [6.07, 6.45) is 2.94. The van der Waals surface area contributed by atoms with Crippen molar-refractivity contribution in [3.05, 3.63) is 58.4 Å². The molecule has 1 fully saturated rings. The molecule has 2 aliphatic rings. The van der Waals surface area contributed by atoms with Crippen LogP contribution in [0.5, 0.6) is 0 Å². The fraction of sp³-hybridized carbons (Fsp3) is 0.438. The Labute approximate surface area is 129 Å². The van der Waals surface area contributed by atoms with Crippen molar-refractivity contribution in [3.8, 4) is 0 Å². The molecule has 2 aliphatic heterocycles. The number of furan rings is 1. The summed E-state index contributed by atoms with van der Waals surface area (Å²) in [7, 11) is 0. The van der Waals surface area contributed by atoms with E-state index in [1.54, 1.807) is 12.3 Å². The molecule has 0 spiro atoms. The van der Waals surface area contributed by atoms with Crippen LogP contribution in [0.25, 0.3) is 0 Å². The molecule has 2 bridgehead atoms. The first-order chi connectivity index (χ1) is 9.79. The fourth-order valence-corrected chi connectivity index (χ4v) is 3.75. The predicted molar refractivity (Wildman–Crippen MR) is 82.8 cm³/mol. The van der Waals surface area contributed by atoms with Crippen molar-refractivity contribution in [1.82, 2.24) is 9.47 Å². The number of fused-ring (bicyclic) bond motifs is 4. The predicted octanol–water partition coefficient (Wildman–Crippen LogP) is 2.48. The van der Waals surface area contributed by atoms with E-state index in [0.29, 0.717) is 11.8 Å². The summed E-state index contributed by atoms with van der Waals surface area (Å²) in [4.78, 5) is 14.4. The van der Waals surface area contributed by atoms with Gasteiger partial charge in [0.15, 0.2) is 0 Å². The summed E-state index contributed by atoms with van der Waals surface area (Å²) in [5.74, 6) is 2.08. The van der Waals surface area contributed by atoms with E-state index in [2.05, 4.69) is 11.0 Å². The van der Waals surface area contributed by atoms with E-state index in [4.69, 9.17) is 4.42 Å². The highest BCUT2D eigenvalue weighted by Crippen LogP contribution is 2.35. The summed E-state index contributed by atoms with van der Waals surface area (Å²) in [5, 5.41) is 0. The van der Waals surface area contributed by atoms with Crippen LogP contribution in [0.2, 0.25) is 0 Å². The summed E-state index contributed by atoms with van der Waals surface area (Å²) < 4.78 is 7.43. The zero-order valence-corrected chi connectivity index (χ0v) is 12.6. The Bertz CT molecular complexity index is 665. The van der Waals surface area contributed by atoms with E-state index in [1.165, 1.54) is 12.1 Å². The third-order valence-electron chi connectivity index (χ3n) is 4.51. The Kier molecular flexibility index (Phi) is 3.91. The van der Waals surface area contributed by atoms with E-state index in [9.17, 15) is 4.79 Å². The minimum absolute atomic E-state index is 0. The van der Waals surface area contributed by atoms with Crippen LogP contribution in [-0.2, 0) is 13.1 Å². The number of aromatic nitrogens is 1. The van der Waals surface area contributed by atoms with Gasteiger partial charge in [-0.2, -0.15) is 0 Å². The van der Waals surface area contributed by atoms with Crippen LogP contribution in [0.3, 0.4) is 0 Å². The van der Waals surface area contributed by atoms with E-state index < -0.39 is 0 Å². The highest BCUT2D eigenvalue weighted by atomic mass is 35.5. The number of hydrogen-bond acceptors (Lipinski definition) is 3. The van der Waals surface area contributed by atoms with Gasteiger partial charge in [-0.15, -0.1) is 12.4 Å². The normalized spacial score (nSPS) is 24.2. The second-order valence-electron chi connectivity index (χ2n) is 5.97. The second-order valence-corrected chi connectivity index (χ2v) is 5.97. The zero-order valence-electron chi connectivity index (χ0n) is 11.8. The standard InChI is InChI=1S/C16H18N2O2.ClH/c19-16-5-1-4-15-13-7-12(9-18(15)16)8-17(10-13)11-14-3-2-6-20-14;/h1-6,12-13H,7-11H2;1H. The molecule has 0 N–H and O–H groups in total. The number of rotatable bonds is 2. The van der Waals surface area contributed by atoms with Crippen molar-refractivity contribution in [2.24, 2.45) is 5.92 Å². The highest BCUT2D eigenvalue weighted by Gasteiger charge is 2.34. The van der Waals surface area contributed by atoms with Gasteiger partial charge in [-0.3, -0.25) is 9.69 Å². The smallest absolute Gasteiger partial charge is 0.250 e. The minimum Gasteiger partial charge on any atom is -0.468 e. The van der Waals surface area contributed by atoms with Crippen molar-refractivity contribution in [3.63, 3.8) is 0 Å². The average molecular weight is 307 g/mol. The Morgan fingerprint density at radius 1 is 1.14 bits per heavy atom. The molecular weight excluding hydrogens is 288 g/mol. The Morgan fingerprint density at radius 3 is 2.86 bits per heavy atom. The van der Waals surface area contributed by atoms with Gasteiger partial charge in [-0.1, -0.05) is 6.07 Å². The molecule has 0 aliphatic carbocycles. The number of hydrogen-bond donors (Lipinski definition) is 0. The maximum Gasteiger partial charge on any atom is 0.250 e. The molecule has 2 aromatic heterocycles. The van der Waals surface area contributed by atoms with Crippen LogP contribution in [0.4, 0.5) is 0 Å². The molecule has 4 nitrogen and oxygen atoms in total. The van der Waals surface area contributed by atoms with Crippen LogP contribution in [-0.4, -0.2) is 22.6 Å². The number of nitrogens with zero attached hydrogens (tertiary/aromatic N) is 2. The van der Waals surface area contributed by atoms with Gasteiger partial charge in [0.25, 0.3) is 5.56 Å². The zero-order chi connectivity index (χ0) is 13.5. The Morgan fingerprint density at radius 2 is 2.05 bits per heavy atom. The van der Waals surface area contributed by atoms with E-state index in [-0.39, 0.29) is 18.0 Å². The van der Waals surface area contributed by atoms with Gasteiger partial charge in [-0.05, 0) is 30.5 Å². The van der Waals surface area contributed by atoms with Crippen molar-refractivity contribution in [1.29, 1.82) is 0 Å². The maximum absolute atomic E-state index is 12.0. The number of halogens is 1. The van der Waals surface area contributed by atoms with Crippen molar-refractivity contribution >= 4 is 12.4 Å². The monoisotopic (exact) mass is 306 g/mol. The van der Waals surface area contributed by atoms with Gasteiger partial charge >= 0.3 is 0 Å². The summed E-state index contributed by atoms with van der Waals surface area (Å²) in [6.45, 7) is 3.80. The van der Waals surface area contributed by atoms with Gasteiger partial charge in [0.1, 0.15) is 5.76 Å². The van der Waals surface area contributed by atoms with Crippen molar-refractivity contribution in [2.75, 3.05) is 13.1 Å². The number of pyridine rings is 1. The minimum atomic E-state index is 0. The van der Waals surface area contributed by atoms with Gasteiger partial charge < -0.3 is 8.98 Å². The highest BCUT2D eigenvalue weighted by molar-refractivity contribution is 5.85. The molecule has 0 saturated carbocycles. The molecular formula is C16H19ClN2O2. The summed E-state index contributed by atoms with van der Waals surface area (Å²) >= 11 is 0. The van der Waals surface area contributed by atoms with E-state index >= 15 is 0 Å². The third-order valence-corrected chi connectivity index (χ3v) is 4.51. The lowest BCUT2D eigenvalue weighted by molar-refractivity contribution is 0.108. The number of likely N-dealkylation sites (tertiary alicyclic amines) is 1. The molecule has 21 heavy (non-hydrogen) atoms. The molecule has 2 unspecified atom stereocenters. The SMILES string of the molecule is Cl.O=c1cccc2n1CC1CC2CN(Cc2ccco2)C1. The fourth-order valence-electron chi connectivity index (χ4n) is 3.75. The molecule has 2 atom stereocenters. The quantitative estimate of drug-likeness (QED) is 0.855. The van der Waals surface area contributed by atoms with Crippen molar-refractivity contribution < 1.29 is 4.42 Å². The molecule has 112 valence electrons. The molecule has 4 heterocycles. The second kappa shape index (κ2) is 5.70. The summed E-state index contributed by atoms with van der Waals surface area (Å²) in [6, 6.07) is 9.64. The van der Waals surface area contributed by atoms with Gasteiger partial charge in [0.2, 0.25) is 0 Å². The first-order valence-corrected chi connectivity index (χ1v) is 7.24. The van der Waals surface area contributed by atoms with Crippen LogP contribution in [0.15, 0.2) is 45.8 Å². The maximum atomic E-state index is 12.0. The van der Waals surface area contributed by atoms with Crippen LogP contribution in [0, 0.1) is 5.92 Å². The van der Waals surface area contributed by atoms with Gasteiger partial charge in [0.05, 0.1) is 12.8 Å². The van der Waals surface area contributed by atoms with E-state index in [1.807, 2.05) is 22.8 Å². The first-order valence-electron chi connectivity index (χ1n) is 7.24. The van der Waals surface area contributed by atoms with Crippen LogP contribution >= 0.6 is 12.4 Å². The summed E-state index contributed by atoms with van der Waals surface area (Å²) in [5.41, 5.74) is 1.36. The first kappa shape index (κ1) is 14.4. The van der Waals surface area contributed by atoms with Crippen LogP contribution in [0.1, 0.15) is 23.8 Å². The van der Waals surface area contributed by atoms with Crippen LogP contribution < -0.4 is 5.56 Å². The Hall–Kier alpha value is -1.52. The lowest BCUT2D eigenvalue weighted by atomic mass is 9.83. The third kappa shape index (κ3) is 2.65. The molecule has 0 radical (unpaired) electrons. The Balaban J connectivity index is 0.00000132. The van der Waals surface area contributed by atoms with Gasteiger partial charge in [0, 0.05) is 37.3 Å². The van der Waals surface area contributed by atoms with Gasteiger partial charge in [-0.25, -0.2) is 0 Å². The molecule has 5 heteroatoms. The van der Waals surface area contributed by atoms with Crippen molar-refractivity contribution in [2.45, 2.75) is 25.4 Å².